The van der Waals surface area contributed by atoms with E-state index >= 15 is 0 Å². The summed E-state index contributed by atoms with van der Waals surface area (Å²) < 4.78 is 43.4. The Morgan fingerprint density at radius 3 is 2.67 bits per heavy atom. The normalized spacial score (nSPS) is 23.2. The van der Waals surface area contributed by atoms with E-state index in [0.717, 1.165) is 43.6 Å². The van der Waals surface area contributed by atoms with Crippen LogP contribution in [0, 0.1) is 0 Å². The quantitative estimate of drug-likeness (QED) is 0.814. The third-order valence-corrected chi connectivity index (χ3v) is 5.95. The van der Waals surface area contributed by atoms with Crippen LogP contribution >= 0.6 is 0 Å². The molecule has 1 aromatic rings. The third kappa shape index (κ3) is 4.54. The van der Waals surface area contributed by atoms with E-state index in [9.17, 15) is 8.42 Å². The minimum Gasteiger partial charge on any atom is -0.490 e. The highest BCUT2D eigenvalue weighted by Gasteiger charge is 2.26. The molecule has 7 heteroatoms. The lowest BCUT2D eigenvalue weighted by Gasteiger charge is -2.29. The second-order valence-corrected chi connectivity index (χ2v) is 8.27. The van der Waals surface area contributed by atoms with Gasteiger partial charge in [-0.05, 0) is 44.2 Å². The van der Waals surface area contributed by atoms with Crippen LogP contribution in [0.5, 0.6) is 17.2 Å². The van der Waals surface area contributed by atoms with E-state index in [0.29, 0.717) is 12.2 Å². The predicted octanol–water partition coefficient (Wildman–Crippen LogP) is 2.82. The Morgan fingerprint density at radius 2 is 1.92 bits per heavy atom. The van der Waals surface area contributed by atoms with Crippen LogP contribution in [0.15, 0.2) is 18.2 Å². The van der Waals surface area contributed by atoms with E-state index in [1.165, 1.54) is 0 Å². The van der Waals surface area contributed by atoms with Gasteiger partial charge in [-0.25, -0.2) is 13.1 Å². The Morgan fingerprint density at radius 1 is 1.17 bits per heavy atom. The summed E-state index contributed by atoms with van der Waals surface area (Å²) in [5, 5.41) is 0. The van der Waals surface area contributed by atoms with Crippen molar-refractivity contribution in [1.29, 1.82) is 0 Å². The molecule has 0 saturated heterocycles. The molecule has 0 radical (unpaired) electrons. The largest absolute Gasteiger partial charge is 0.490 e. The molecular weight excluding hydrogens is 330 g/mol. The molecule has 1 aliphatic carbocycles. The maximum atomic E-state index is 12.0. The van der Waals surface area contributed by atoms with Crippen LogP contribution in [0.25, 0.3) is 0 Å². The number of ether oxygens (including phenoxy) is 3. The van der Waals surface area contributed by atoms with Crippen molar-refractivity contribution >= 4 is 10.0 Å². The van der Waals surface area contributed by atoms with Gasteiger partial charge in [0.05, 0.1) is 11.9 Å². The van der Waals surface area contributed by atoms with Crippen LogP contribution in [0.4, 0.5) is 0 Å². The Balaban J connectivity index is 1.47. The molecular formula is C17H25NO5S. The third-order valence-electron chi connectivity index (χ3n) is 4.43. The fourth-order valence-electron chi connectivity index (χ4n) is 3.09. The van der Waals surface area contributed by atoms with Crippen molar-refractivity contribution in [3.8, 4) is 17.2 Å². The van der Waals surface area contributed by atoms with Crippen LogP contribution in [0.2, 0.25) is 0 Å². The average Bonchev–Trinajstić information content (AvgIpc) is 3.02. The first-order valence-corrected chi connectivity index (χ1v) is 10.3. The van der Waals surface area contributed by atoms with Gasteiger partial charge < -0.3 is 14.2 Å². The summed E-state index contributed by atoms with van der Waals surface area (Å²) >= 11 is 0. The molecule has 24 heavy (non-hydrogen) atoms. The molecule has 0 amide bonds. The lowest BCUT2D eigenvalue weighted by Crippen LogP contribution is -2.40. The van der Waals surface area contributed by atoms with Gasteiger partial charge in [-0.2, -0.15) is 0 Å². The lowest BCUT2D eigenvalue weighted by molar-refractivity contribution is 0.143. The van der Waals surface area contributed by atoms with E-state index in [-0.39, 0.29) is 24.7 Å². The summed E-state index contributed by atoms with van der Waals surface area (Å²) in [5.74, 6) is 2.44. The van der Waals surface area contributed by atoms with Gasteiger partial charge in [0.15, 0.2) is 11.5 Å². The molecule has 1 aromatic carbocycles. The highest BCUT2D eigenvalue weighted by Crippen LogP contribution is 2.36. The molecule has 2 aliphatic rings. The average molecular weight is 355 g/mol. The maximum Gasteiger partial charge on any atom is 0.231 e. The van der Waals surface area contributed by atoms with Crippen molar-refractivity contribution in [1.82, 2.24) is 4.72 Å². The zero-order valence-electron chi connectivity index (χ0n) is 14.0. The maximum absolute atomic E-state index is 12.0. The predicted molar refractivity (Wildman–Crippen MR) is 91.1 cm³/mol. The molecule has 3 rings (SSSR count). The van der Waals surface area contributed by atoms with E-state index < -0.39 is 10.0 Å². The highest BCUT2D eigenvalue weighted by molar-refractivity contribution is 7.89. The van der Waals surface area contributed by atoms with E-state index in [2.05, 4.69) is 4.72 Å². The summed E-state index contributed by atoms with van der Waals surface area (Å²) in [6, 6.07) is 5.61. The van der Waals surface area contributed by atoms with Crippen molar-refractivity contribution in [3.63, 3.8) is 0 Å². The fourth-order valence-corrected chi connectivity index (χ4v) is 4.62. The van der Waals surface area contributed by atoms with Crippen LogP contribution in [0.3, 0.4) is 0 Å². The van der Waals surface area contributed by atoms with Gasteiger partial charge in [0.2, 0.25) is 16.8 Å². The molecule has 0 spiro atoms. The number of benzene rings is 1. The Kier molecular flexibility index (Phi) is 5.50. The van der Waals surface area contributed by atoms with Gasteiger partial charge in [0, 0.05) is 12.1 Å². The van der Waals surface area contributed by atoms with Gasteiger partial charge in [-0.3, -0.25) is 0 Å². The van der Waals surface area contributed by atoms with E-state index in [1.54, 1.807) is 0 Å². The summed E-state index contributed by atoms with van der Waals surface area (Å²) in [6.45, 7) is 2.25. The molecule has 0 atom stereocenters. The van der Waals surface area contributed by atoms with Gasteiger partial charge in [-0.15, -0.1) is 0 Å². The number of fused-ring (bicyclic) bond motifs is 1. The molecule has 1 aliphatic heterocycles. The SMILES string of the molecule is CCCCS(=O)(=O)NC1CCC(Oc2ccc3c(c2)OCO3)CC1. The zero-order chi connectivity index (χ0) is 17.0. The molecule has 0 unspecified atom stereocenters. The minimum absolute atomic E-state index is 0.0310. The Bertz CT molecular complexity index is 653. The monoisotopic (exact) mass is 355 g/mol. The number of unbranched alkanes of at least 4 members (excludes halogenated alkanes) is 1. The second-order valence-electron chi connectivity index (χ2n) is 6.40. The molecule has 6 nitrogen and oxygen atoms in total. The molecule has 0 aromatic heterocycles. The van der Waals surface area contributed by atoms with Gasteiger partial charge >= 0.3 is 0 Å². The van der Waals surface area contributed by atoms with Crippen LogP contribution in [-0.2, 0) is 10.0 Å². The van der Waals surface area contributed by atoms with Crippen molar-refractivity contribution in [3.05, 3.63) is 18.2 Å². The Hall–Kier alpha value is -1.47. The number of sulfonamides is 1. The van der Waals surface area contributed by atoms with Crippen molar-refractivity contribution in [2.45, 2.75) is 57.6 Å². The second kappa shape index (κ2) is 7.61. The topological polar surface area (TPSA) is 73.9 Å². The van der Waals surface area contributed by atoms with Crippen molar-refractivity contribution < 1.29 is 22.6 Å². The summed E-state index contributed by atoms with van der Waals surface area (Å²) in [7, 11) is -3.15. The molecule has 134 valence electrons. The first-order valence-electron chi connectivity index (χ1n) is 8.62. The van der Waals surface area contributed by atoms with Gasteiger partial charge in [0.25, 0.3) is 0 Å². The van der Waals surface area contributed by atoms with Gasteiger partial charge in [0.1, 0.15) is 5.75 Å². The number of hydrogen-bond donors (Lipinski definition) is 1. The van der Waals surface area contributed by atoms with Crippen LogP contribution in [-0.4, -0.2) is 33.1 Å². The summed E-state index contributed by atoms with van der Waals surface area (Å²) in [4.78, 5) is 0. The molecule has 1 heterocycles. The van der Waals surface area contributed by atoms with E-state index in [1.807, 2.05) is 25.1 Å². The molecule has 1 saturated carbocycles. The molecule has 1 fully saturated rings. The van der Waals surface area contributed by atoms with Crippen molar-refractivity contribution in [2.75, 3.05) is 12.5 Å². The number of rotatable bonds is 7. The number of hydrogen-bond acceptors (Lipinski definition) is 5. The molecule has 0 bridgehead atoms. The smallest absolute Gasteiger partial charge is 0.231 e. The van der Waals surface area contributed by atoms with Crippen molar-refractivity contribution in [2.24, 2.45) is 0 Å². The minimum atomic E-state index is -3.15. The first kappa shape index (κ1) is 17.4. The lowest BCUT2D eigenvalue weighted by atomic mass is 9.94. The zero-order valence-corrected chi connectivity index (χ0v) is 14.8. The van der Waals surface area contributed by atoms with Crippen LogP contribution < -0.4 is 18.9 Å². The van der Waals surface area contributed by atoms with Crippen LogP contribution in [0.1, 0.15) is 45.4 Å². The van der Waals surface area contributed by atoms with Gasteiger partial charge in [-0.1, -0.05) is 13.3 Å². The summed E-state index contributed by atoms with van der Waals surface area (Å²) in [5.41, 5.74) is 0. The summed E-state index contributed by atoms with van der Waals surface area (Å²) in [6.07, 6.45) is 5.00. The van der Waals surface area contributed by atoms with E-state index in [4.69, 9.17) is 14.2 Å². The highest BCUT2D eigenvalue weighted by atomic mass is 32.2. The first-order chi connectivity index (χ1) is 11.6. The number of nitrogens with one attached hydrogen (secondary N) is 1. The standard InChI is InChI=1S/C17H25NO5S/c1-2-3-10-24(19,20)18-13-4-6-14(7-5-13)23-15-8-9-16-17(11-15)22-12-21-16/h8-9,11,13-14,18H,2-7,10,12H2,1H3. The molecule has 1 N–H and O–H groups in total. The Labute approximate surface area is 143 Å². The fraction of sp³-hybridized carbons (Fsp3) is 0.647.